The molecule has 0 bridgehead atoms. The van der Waals surface area contributed by atoms with Crippen LogP contribution in [0.1, 0.15) is 12.0 Å². The van der Waals surface area contributed by atoms with Crippen molar-refractivity contribution in [2.45, 2.75) is 18.6 Å². The van der Waals surface area contributed by atoms with Crippen molar-refractivity contribution < 1.29 is 22.9 Å². The van der Waals surface area contributed by atoms with Crippen LogP contribution in [-0.2, 0) is 11.0 Å². The van der Waals surface area contributed by atoms with Crippen molar-refractivity contribution in [1.82, 2.24) is 4.98 Å². The molecule has 0 spiro atoms. The van der Waals surface area contributed by atoms with Crippen LogP contribution in [0.2, 0.25) is 0 Å². The van der Waals surface area contributed by atoms with Crippen molar-refractivity contribution in [2.75, 3.05) is 5.32 Å². The van der Waals surface area contributed by atoms with E-state index in [1.807, 2.05) is 0 Å². The fraction of sp³-hybridized carbons (Fsp3) is 0.286. The highest BCUT2D eigenvalue weighted by Crippen LogP contribution is 2.35. The minimum Gasteiger partial charge on any atom is -0.301 e. The van der Waals surface area contributed by atoms with Gasteiger partial charge in [-0.25, -0.2) is 4.98 Å². The summed E-state index contributed by atoms with van der Waals surface area (Å²) in [4.78, 5) is 25.9. The predicted molar refractivity (Wildman–Crippen MR) is 80.1 cm³/mol. The van der Waals surface area contributed by atoms with E-state index in [1.54, 1.807) is 0 Å². The SMILES string of the molecule is O=C(Nc1nc(-c2cccc(C(F)(F)F)c2)cs1)C1CC1[N+](=O)[O-]. The van der Waals surface area contributed by atoms with Crippen LogP contribution in [0.3, 0.4) is 0 Å². The van der Waals surface area contributed by atoms with Gasteiger partial charge >= 0.3 is 6.18 Å². The van der Waals surface area contributed by atoms with E-state index in [2.05, 4.69) is 10.3 Å². The molecule has 1 heterocycles. The quantitative estimate of drug-likeness (QED) is 0.671. The third-order valence-electron chi connectivity index (χ3n) is 3.58. The van der Waals surface area contributed by atoms with Crippen LogP contribution in [0.4, 0.5) is 18.3 Å². The number of thiazole rings is 1. The van der Waals surface area contributed by atoms with Crippen molar-refractivity contribution in [3.63, 3.8) is 0 Å². The third-order valence-corrected chi connectivity index (χ3v) is 4.34. The van der Waals surface area contributed by atoms with Gasteiger partial charge in [-0.1, -0.05) is 12.1 Å². The Morgan fingerprint density at radius 2 is 2.17 bits per heavy atom. The second-order valence-corrected chi connectivity index (χ2v) is 6.16. The molecule has 1 N–H and O–H groups in total. The first-order valence-electron chi connectivity index (χ1n) is 6.83. The van der Waals surface area contributed by atoms with Crippen LogP contribution >= 0.6 is 11.3 Å². The molecule has 2 unspecified atom stereocenters. The topological polar surface area (TPSA) is 85.1 Å². The molecule has 24 heavy (non-hydrogen) atoms. The molecule has 0 saturated heterocycles. The second-order valence-electron chi connectivity index (χ2n) is 5.30. The minimum absolute atomic E-state index is 0.185. The Kier molecular flexibility index (Phi) is 3.99. The van der Waals surface area contributed by atoms with Crippen LogP contribution in [-0.4, -0.2) is 21.9 Å². The summed E-state index contributed by atoms with van der Waals surface area (Å²) >= 11 is 1.05. The van der Waals surface area contributed by atoms with E-state index in [0.717, 1.165) is 23.5 Å². The van der Waals surface area contributed by atoms with Crippen LogP contribution in [0.15, 0.2) is 29.6 Å². The zero-order valence-electron chi connectivity index (χ0n) is 11.9. The lowest BCUT2D eigenvalue weighted by atomic mass is 10.1. The molecule has 1 aliphatic carbocycles. The summed E-state index contributed by atoms with van der Waals surface area (Å²) in [6.07, 6.45) is -4.27. The lowest BCUT2D eigenvalue weighted by molar-refractivity contribution is -0.497. The smallest absolute Gasteiger partial charge is 0.301 e. The fourth-order valence-electron chi connectivity index (χ4n) is 2.21. The largest absolute Gasteiger partial charge is 0.416 e. The standard InChI is InChI=1S/C14H10F3N3O3S/c15-14(16,17)8-3-1-2-7(4-8)10-6-24-13(18-10)19-12(21)9-5-11(9)20(22)23/h1-4,6,9,11H,5H2,(H,18,19,21). The number of rotatable bonds is 4. The van der Waals surface area contributed by atoms with Crippen molar-refractivity contribution in [3.05, 3.63) is 45.3 Å². The number of halogens is 3. The number of amides is 1. The number of alkyl halides is 3. The maximum atomic E-state index is 12.7. The normalized spacial score (nSPS) is 19.8. The molecule has 6 nitrogen and oxygen atoms in total. The summed E-state index contributed by atoms with van der Waals surface area (Å²) in [6.45, 7) is 0. The van der Waals surface area contributed by atoms with E-state index in [0.29, 0.717) is 5.69 Å². The Balaban J connectivity index is 1.72. The van der Waals surface area contributed by atoms with Crippen molar-refractivity contribution in [3.8, 4) is 11.3 Å². The average molecular weight is 357 g/mol. The molecule has 1 aliphatic rings. The number of aromatic nitrogens is 1. The zero-order valence-corrected chi connectivity index (χ0v) is 12.7. The Hall–Kier alpha value is -2.49. The molecular weight excluding hydrogens is 347 g/mol. The molecule has 2 atom stereocenters. The molecule has 1 saturated carbocycles. The maximum absolute atomic E-state index is 12.7. The third kappa shape index (κ3) is 3.37. The molecule has 1 amide bonds. The Morgan fingerprint density at radius 3 is 2.79 bits per heavy atom. The monoisotopic (exact) mass is 357 g/mol. The summed E-state index contributed by atoms with van der Waals surface area (Å²) in [6, 6.07) is 3.84. The first-order chi connectivity index (χ1) is 11.3. The number of hydrogen-bond donors (Lipinski definition) is 1. The average Bonchev–Trinajstić information content (AvgIpc) is 3.20. The minimum atomic E-state index is -4.45. The van der Waals surface area contributed by atoms with E-state index < -0.39 is 34.5 Å². The molecule has 1 fully saturated rings. The number of carbonyl (C=O) groups excluding carboxylic acids is 1. The highest BCUT2D eigenvalue weighted by atomic mass is 32.1. The van der Waals surface area contributed by atoms with E-state index in [9.17, 15) is 28.1 Å². The number of nitrogens with zero attached hydrogens (tertiary/aromatic N) is 2. The van der Waals surface area contributed by atoms with Crippen LogP contribution < -0.4 is 5.32 Å². The summed E-state index contributed by atoms with van der Waals surface area (Å²) in [5.41, 5.74) is -0.218. The molecule has 1 aromatic carbocycles. The zero-order chi connectivity index (χ0) is 17.5. The number of carbonyl (C=O) groups is 1. The van der Waals surface area contributed by atoms with Gasteiger partial charge in [0, 0.05) is 22.3 Å². The first-order valence-corrected chi connectivity index (χ1v) is 7.71. The van der Waals surface area contributed by atoms with Gasteiger partial charge in [0.15, 0.2) is 5.13 Å². The van der Waals surface area contributed by atoms with Crippen LogP contribution in [0.25, 0.3) is 11.3 Å². The Morgan fingerprint density at radius 1 is 1.42 bits per heavy atom. The van der Waals surface area contributed by atoms with E-state index in [-0.39, 0.29) is 17.1 Å². The molecule has 126 valence electrons. The summed E-state index contributed by atoms with van der Waals surface area (Å²) < 4.78 is 38.2. The van der Waals surface area contributed by atoms with Crippen LogP contribution in [0, 0.1) is 16.0 Å². The van der Waals surface area contributed by atoms with Crippen molar-refractivity contribution >= 4 is 22.4 Å². The van der Waals surface area contributed by atoms with Gasteiger partial charge in [-0.15, -0.1) is 11.3 Å². The lowest BCUT2D eigenvalue weighted by Gasteiger charge is -2.07. The summed E-state index contributed by atoms with van der Waals surface area (Å²) in [5.74, 6) is -1.18. The highest BCUT2D eigenvalue weighted by molar-refractivity contribution is 7.14. The number of benzene rings is 1. The number of hydrogen-bond acceptors (Lipinski definition) is 5. The molecule has 1 aromatic heterocycles. The fourth-order valence-corrected chi connectivity index (χ4v) is 2.94. The molecule has 0 aliphatic heterocycles. The number of nitro groups is 1. The molecule has 2 aromatic rings. The van der Waals surface area contributed by atoms with Gasteiger partial charge in [0.05, 0.1) is 11.3 Å². The lowest BCUT2D eigenvalue weighted by Crippen LogP contribution is -2.18. The second kappa shape index (κ2) is 5.86. The maximum Gasteiger partial charge on any atom is 0.416 e. The van der Waals surface area contributed by atoms with Gasteiger partial charge in [0.1, 0.15) is 5.92 Å². The number of anilines is 1. The first kappa shape index (κ1) is 16.4. The van der Waals surface area contributed by atoms with E-state index in [1.165, 1.54) is 17.5 Å². The van der Waals surface area contributed by atoms with E-state index >= 15 is 0 Å². The number of nitrogens with one attached hydrogen (secondary N) is 1. The van der Waals surface area contributed by atoms with Gasteiger partial charge in [-0.05, 0) is 12.1 Å². The molecular formula is C14H10F3N3O3S. The van der Waals surface area contributed by atoms with Gasteiger partial charge in [-0.2, -0.15) is 13.2 Å². The van der Waals surface area contributed by atoms with Crippen molar-refractivity contribution in [2.24, 2.45) is 5.92 Å². The highest BCUT2D eigenvalue weighted by Gasteiger charge is 2.53. The Bertz CT molecular complexity index is 806. The summed E-state index contributed by atoms with van der Waals surface area (Å²) in [7, 11) is 0. The predicted octanol–water partition coefficient (Wildman–Crippen LogP) is 3.43. The Labute approximate surface area is 137 Å². The van der Waals surface area contributed by atoms with Crippen LogP contribution in [0.5, 0.6) is 0 Å². The molecule has 0 radical (unpaired) electrons. The van der Waals surface area contributed by atoms with Gasteiger partial charge < -0.3 is 5.32 Å². The summed E-state index contributed by atoms with van der Waals surface area (Å²) in [5, 5.41) is 14.7. The van der Waals surface area contributed by atoms with Gasteiger partial charge in [0.25, 0.3) is 0 Å². The molecule has 3 rings (SSSR count). The van der Waals surface area contributed by atoms with E-state index in [4.69, 9.17) is 0 Å². The van der Waals surface area contributed by atoms with Crippen molar-refractivity contribution in [1.29, 1.82) is 0 Å². The van der Waals surface area contributed by atoms with Gasteiger partial charge in [-0.3, -0.25) is 14.9 Å². The molecule has 10 heteroatoms. The van der Waals surface area contributed by atoms with Gasteiger partial charge in [0.2, 0.25) is 11.9 Å².